The molecule has 1 fully saturated rings. The molecule has 1 aliphatic heterocycles. The van der Waals surface area contributed by atoms with Crippen LogP contribution in [0.4, 0.5) is 11.4 Å². The first-order valence-corrected chi connectivity index (χ1v) is 8.33. The van der Waals surface area contributed by atoms with Crippen molar-refractivity contribution in [1.29, 1.82) is 0 Å². The van der Waals surface area contributed by atoms with Crippen molar-refractivity contribution in [1.82, 2.24) is 0 Å². The normalized spacial score (nSPS) is 15.3. The number of rotatable bonds is 4. The molecule has 0 aliphatic carbocycles. The standard InChI is InChI=1S/C19H23N3O2/c1-20(16-7-3-2-4-8-16)19(24)15-21-11-13-22(14-12-21)17-9-5-6-10-18(17)23/h2-10,23H,11-15H2,1H3/p+1. The average Bonchev–Trinajstić information content (AvgIpc) is 2.63. The topological polar surface area (TPSA) is 48.2 Å². The summed E-state index contributed by atoms with van der Waals surface area (Å²) < 4.78 is 0. The van der Waals surface area contributed by atoms with Crippen molar-refractivity contribution in [3.05, 3.63) is 54.6 Å². The van der Waals surface area contributed by atoms with Gasteiger partial charge in [-0.15, -0.1) is 0 Å². The van der Waals surface area contributed by atoms with Crippen LogP contribution in [-0.4, -0.2) is 50.8 Å². The van der Waals surface area contributed by atoms with Gasteiger partial charge in [0.15, 0.2) is 6.54 Å². The predicted molar refractivity (Wildman–Crippen MR) is 95.7 cm³/mol. The second-order valence-corrected chi connectivity index (χ2v) is 6.19. The molecule has 0 radical (unpaired) electrons. The van der Waals surface area contributed by atoms with Gasteiger partial charge in [-0.2, -0.15) is 0 Å². The summed E-state index contributed by atoms with van der Waals surface area (Å²) in [7, 11) is 1.83. The smallest absolute Gasteiger partial charge is 0.281 e. The molecule has 1 saturated heterocycles. The van der Waals surface area contributed by atoms with Gasteiger partial charge in [-0.05, 0) is 24.3 Å². The Hall–Kier alpha value is -2.53. The summed E-state index contributed by atoms with van der Waals surface area (Å²) >= 11 is 0. The number of amides is 1. The lowest BCUT2D eigenvalue weighted by atomic mass is 10.2. The second kappa shape index (κ2) is 7.36. The molecule has 126 valence electrons. The molecule has 0 spiro atoms. The highest BCUT2D eigenvalue weighted by Gasteiger charge is 2.25. The first-order chi connectivity index (χ1) is 11.6. The first kappa shape index (κ1) is 16.3. The molecule has 2 N–H and O–H groups in total. The number of carbonyl (C=O) groups is 1. The van der Waals surface area contributed by atoms with Gasteiger partial charge >= 0.3 is 0 Å². The monoisotopic (exact) mass is 326 g/mol. The molecule has 3 rings (SSSR count). The first-order valence-electron chi connectivity index (χ1n) is 8.33. The molecule has 1 amide bonds. The molecule has 2 aromatic carbocycles. The van der Waals surface area contributed by atoms with Crippen molar-refractivity contribution in [2.75, 3.05) is 49.6 Å². The Morgan fingerprint density at radius 2 is 1.71 bits per heavy atom. The third kappa shape index (κ3) is 3.68. The molecule has 0 saturated carbocycles. The van der Waals surface area contributed by atoms with Crippen LogP contribution < -0.4 is 14.7 Å². The van der Waals surface area contributed by atoms with E-state index in [1.807, 2.05) is 55.6 Å². The quantitative estimate of drug-likeness (QED) is 0.872. The van der Waals surface area contributed by atoms with Crippen LogP contribution in [-0.2, 0) is 4.79 Å². The summed E-state index contributed by atoms with van der Waals surface area (Å²) in [5.41, 5.74) is 1.80. The summed E-state index contributed by atoms with van der Waals surface area (Å²) in [6.07, 6.45) is 0. The van der Waals surface area contributed by atoms with Crippen LogP contribution >= 0.6 is 0 Å². The Labute approximate surface area is 142 Å². The number of hydrogen-bond acceptors (Lipinski definition) is 3. The van der Waals surface area contributed by atoms with Gasteiger partial charge < -0.3 is 19.8 Å². The lowest BCUT2D eigenvalue weighted by Crippen LogP contribution is -3.16. The fourth-order valence-corrected chi connectivity index (χ4v) is 3.10. The SMILES string of the molecule is CN(C(=O)C[NH+]1CCN(c2ccccc2O)CC1)c1ccccc1. The zero-order valence-corrected chi connectivity index (χ0v) is 14.0. The van der Waals surface area contributed by atoms with E-state index in [1.165, 1.54) is 4.90 Å². The zero-order chi connectivity index (χ0) is 16.9. The van der Waals surface area contributed by atoms with E-state index in [-0.39, 0.29) is 5.91 Å². The van der Waals surface area contributed by atoms with Gasteiger partial charge in [-0.25, -0.2) is 0 Å². The molecule has 2 aromatic rings. The minimum absolute atomic E-state index is 0.132. The molecular weight excluding hydrogens is 302 g/mol. The molecule has 24 heavy (non-hydrogen) atoms. The second-order valence-electron chi connectivity index (χ2n) is 6.19. The van der Waals surface area contributed by atoms with Crippen molar-refractivity contribution in [2.24, 2.45) is 0 Å². The van der Waals surface area contributed by atoms with Gasteiger partial charge in [0.05, 0.1) is 31.9 Å². The molecule has 0 bridgehead atoms. The zero-order valence-electron chi connectivity index (χ0n) is 14.0. The molecule has 5 heteroatoms. The number of likely N-dealkylation sites (N-methyl/N-ethyl adjacent to an activating group) is 1. The lowest BCUT2D eigenvalue weighted by molar-refractivity contribution is -0.892. The van der Waals surface area contributed by atoms with E-state index in [0.717, 1.165) is 37.6 Å². The van der Waals surface area contributed by atoms with Gasteiger partial charge in [0, 0.05) is 12.7 Å². The summed E-state index contributed by atoms with van der Waals surface area (Å²) in [5, 5.41) is 9.96. The van der Waals surface area contributed by atoms with E-state index in [1.54, 1.807) is 11.0 Å². The summed E-state index contributed by atoms with van der Waals surface area (Å²) in [4.78, 5) is 17.7. The number of nitrogens with one attached hydrogen (secondary N) is 1. The van der Waals surface area contributed by atoms with Crippen molar-refractivity contribution in [2.45, 2.75) is 0 Å². The van der Waals surface area contributed by atoms with Crippen LogP contribution in [0.5, 0.6) is 5.75 Å². The van der Waals surface area contributed by atoms with Gasteiger partial charge in [0.1, 0.15) is 5.75 Å². The number of carbonyl (C=O) groups excluding carboxylic acids is 1. The molecule has 0 aromatic heterocycles. The number of anilines is 2. The number of quaternary nitrogens is 1. The number of phenols is 1. The number of piperazine rings is 1. The predicted octanol–water partition coefficient (Wildman–Crippen LogP) is 0.760. The van der Waals surface area contributed by atoms with E-state index in [9.17, 15) is 9.90 Å². The van der Waals surface area contributed by atoms with Crippen molar-refractivity contribution >= 4 is 17.3 Å². The van der Waals surface area contributed by atoms with Crippen LogP contribution in [0.2, 0.25) is 0 Å². The van der Waals surface area contributed by atoms with Crippen LogP contribution in [0.15, 0.2) is 54.6 Å². The Morgan fingerprint density at radius 3 is 2.38 bits per heavy atom. The van der Waals surface area contributed by atoms with Crippen LogP contribution in [0.1, 0.15) is 0 Å². The number of aromatic hydroxyl groups is 1. The Balaban J connectivity index is 1.54. The van der Waals surface area contributed by atoms with E-state index >= 15 is 0 Å². The van der Waals surface area contributed by atoms with Crippen LogP contribution in [0, 0.1) is 0 Å². The van der Waals surface area contributed by atoms with Crippen molar-refractivity contribution in [3.8, 4) is 5.75 Å². The lowest BCUT2D eigenvalue weighted by Gasteiger charge is -2.34. The average molecular weight is 326 g/mol. The summed E-state index contributed by atoms with van der Waals surface area (Å²) in [6.45, 7) is 3.97. The van der Waals surface area contributed by atoms with E-state index in [0.29, 0.717) is 12.3 Å². The highest BCUT2D eigenvalue weighted by molar-refractivity contribution is 5.93. The minimum atomic E-state index is 0.132. The molecule has 0 unspecified atom stereocenters. The number of nitrogens with zero attached hydrogens (tertiary/aromatic N) is 2. The maximum absolute atomic E-state index is 12.5. The molecule has 1 heterocycles. The van der Waals surface area contributed by atoms with Gasteiger partial charge in [-0.1, -0.05) is 30.3 Å². The summed E-state index contributed by atoms with van der Waals surface area (Å²) in [6, 6.07) is 17.2. The molecule has 1 aliphatic rings. The fourth-order valence-electron chi connectivity index (χ4n) is 3.10. The maximum atomic E-state index is 12.5. The highest BCUT2D eigenvalue weighted by atomic mass is 16.3. The van der Waals surface area contributed by atoms with E-state index in [4.69, 9.17) is 0 Å². The third-order valence-corrected chi connectivity index (χ3v) is 4.61. The molecular formula is C19H24N3O2+. The van der Waals surface area contributed by atoms with E-state index < -0.39 is 0 Å². The van der Waals surface area contributed by atoms with Gasteiger partial charge in [0.25, 0.3) is 5.91 Å². The number of benzene rings is 2. The third-order valence-electron chi connectivity index (χ3n) is 4.61. The van der Waals surface area contributed by atoms with Crippen molar-refractivity contribution in [3.63, 3.8) is 0 Å². The Kier molecular flexibility index (Phi) is 5.01. The Morgan fingerprint density at radius 1 is 1.08 bits per heavy atom. The van der Waals surface area contributed by atoms with E-state index in [2.05, 4.69) is 4.90 Å². The van der Waals surface area contributed by atoms with Gasteiger partial charge in [-0.3, -0.25) is 4.79 Å². The fraction of sp³-hybridized carbons (Fsp3) is 0.316. The van der Waals surface area contributed by atoms with Crippen LogP contribution in [0.3, 0.4) is 0 Å². The molecule has 0 atom stereocenters. The van der Waals surface area contributed by atoms with Gasteiger partial charge in [0.2, 0.25) is 0 Å². The maximum Gasteiger partial charge on any atom is 0.281 e. The number of hydrogen-bond donors (Lipinski definition) is 2. The van der Waals surface area contributed by atoms with Crippen LogP contribution in [0.25, 0.3) is 0 Å². The minimum Gasteiger partial charge on any atom is -0.506 e. The summed E-state index contributed by atoms with van der Waals surface area (Å²) in [5.74, 6) is 0.452. The number of para-hydroxylation sites is 3. The molecule has 5 nitrogen and oxygen atoms in total. The number of phenolic OH excluding ortho intramolecular Hbond substituents is 1. The highest BCUT2D eigenvalue weighted by Crippen LogP contribution is 2.25. The largest absolute Gasteiger partial charge is 0.506 e. The van der Waals surface area contributed by atoms with Crippen molar-refractivity contribution < 1.29 is 14.8 Å². The Bertz CT molecular complexity index is 682.